The third-order valence-corrected chi connectivity index (χ3v) is 18.0. The third kappa shape index (κ3) is 62.8. The van der Waals surface area contributed by atoms with Crippen LogP contribution >= 0.6 is 15.6 Å². The number of carbonyl (C=O) groups excluding carboxylic acids is 4. The van der Waals surface area contributed by atoms with Crippen LogP contribution in [0, 0.1) is 0 Å². The zero-order valence-electron chi connectivity index (χ0n) is 56.7. The molecule has 0 saturated heterocycles. The number of carbonyl (C=O) groups is 4. The number of phosphoric ester groups is 2. The van der Waals surface area contributed by atoms with Gasteiger partial charge >= 0.3 is 39.5 Å². The standard InChI is InChI=1S/C69H134O17P2/c1-5-9-13-17-20-23-26-29-32-35-38-41-44-48-52-56-69(74)86-65(60-80-67(72)54-50-46-42-39-36-33-30-27-24-21-18-14-10-6-2)62-84-88(77,78)82-58-63(70)57-81-87(75,76)83-61-64(59-79-66(71)53-49-45-16-12-8-4)85-68(73)55-51-47-43-40-37-34-31-28-25-22-19-15-11-7-3/h63-65,70H,5-62H2,1-4H3,(H,75,76)(H,77,78)/t63-,64+,65+/m0/s1. The topological polar surface area (TPSA) is 237 Å². The molecule has 0 aromatic carbocycles. The number of rotatable bonds is 70. The summed E-state index contributed by atoms with van der Waals surface area (Å²) in [6.45, 7) is 4.86. The summed E-state index contributed by atoms with van der Waals surface area (Å²) in [6.07, 6.45) is 51.6. The Morgan fingerprint density at radius 1 is 0.273 bits per heavy atom. The lowest BCUT2D eigenvalue weighted by molar-refractivity contribution is -0.161. The van der Waals surface area contributed by atoms with Crippen molar-refractivity contribution in [3.63, 3.8) is 0 Å². The SMILES string of the molecule is CCCCCCCCCCCCCCCCCC(=O)O[C@H](COC(=O)CCCCCCCCCCCCCCCC)COP(=O)(O)OC[C@@H](O)COP(=O)(O)OC[C@@H](COC(=O)CCCCCCC)OC(=O)CCCCCCCCCCCCCCCC. The number of phosphoric acid groups is 2. The van der Waals surface area contributed by atoms with Crippen LogP contribution in [0.5, 0.6) is 0 Å². The molecule has 0 aromatic heterocycles. The molecule has 17 nitrogen and oxygen atoms in total. The van der Waals surface area contributed by atoms with Gasteiger partial charge in [0.2, 0.25) is 0 Å². The predicted octanol–water partition coefficient (Wildman–Crippen LogP) is 19.9. The Labute approximate surface area is 537 Å². The Hall–Kier alpha value is -1.94. The van der Waals surface area contributed by atoms with Gasteiger partial charge in [-0.3, -0.25) is 37.3 Å². The second kappa shape index (κ2) is 63.8. The summed E-state index contributed by atoms with van der Waals surface area (Å²) in [5, 5.41) is 10.6. The highest BCUT2D eigenvalue weighted by molar-refractivity contribution is 7.47. The monoisotopic (exact) mass is 1300 g/mol. The van der Waals surface area contributed by atoms with Crippen LogP contribution in [0.1, 0.15) is 362 Å². The number of unbranched alkanes of at least 4 members (excludes halogenated alkanes) is 44. The van der Waals surface area contributed by atoms with Crippen LogP contribution in [0.15, 0.2) is 0 Å². The minimum absolute atomic E-state index is 0.107. The van der Waals surface area contributed by atoms with E-state index in [0.29, 0.717) is 25.7 Å². The summed E-state index contributed by atoms with van der Waals surface area (Å²) in [6, 6.07) is 0. The minimum Gasteiger partial charge on any atom is -0.462 e. The van der Waals surface area contributed by atoms with Gasteiger partial charge in [-0.25, -0.2) is 9.13 Å². The number of hydrogen-bond acceptors (Lipinski definition) is 15. The van der Waals surface area contributed by atoms with E-state index < -0.39 is 97.5 Å². The maximum Gasteiger partial charge on any atom is 0.472 e. The molecule has 0 aliphatic heterocycles. The first-order valence-corrected chi connectivity index (χ1v) is 39.3. The fourth-order valence-corrected chi connectivity index (χ4v) is 12.1. The van der Waals surface area contributed by atoms with Crippen molar-refractivity contribution in [1.82, 2.24) is 0 Å². The molecule has 2 unspecified atom stereocenters. The Bertz CT molecular complexity index is 1690. The largest absolute Gasteiger partial charge is 0.472 e. The Morgan fingerprint density at radius 2 is 0.455 bits per heavy atom. The van der Waals surface area contributed by atoms with Crippen molar-refractivity contribution in [1.29, 1.82) is 0 Å². The van der Waals surface area contributed by atoms with Crippen molar-refractivity contribution in [2.45, 2.75) is 380 Å². The third-order valence-electron chi connectivity index (χ3n) is 16.1. The van der Waals surface area contributed by atoms with E-state index in [1.807, 2.05) is 0 Å². The van der Waals surface area contributed by atoms with Crippen molar-refractivity contribution in [3.05, 3.63) is 0 Å². The molecule has 0 spiro atoms. The average molecular weight is 1300 g/mol. The zero-order chi connectivity index (χ0) is 64.7. The van der Waals surface area contributed by atoms with Gasteiger partial charge in [-0.05, 0) is 25.7 Å². The minimum atomic E-state index is -4.95. The highest BCUT2D eigenvalue weighted by Crippen LogP contribution is 2.45. The molecule has 0 aromatic rings. The smallest absolute Gasteiger partial charge is 0.462 e. The highest BCUT2D eigenvalue weighted by Gasteiger charge is 2.30. The van der Waals surface area contributed by atoms with E-state index in [4.69, 9.17) is 37.0 Å². The molecule has 88 heavy (non-hydrogen) atoms. The summed E-state index contributed by atoms with van der Waals surface area (Å²) >= 11 is 0. The van der Waals surface area contributed by atoms with Crippen molar-refractivity contribution in [3.8, 4) is 0 Å². The van der Waals surface area contributed by atoms with Gasteiger partial charge < -0.3 is 33.8 Å². The van der Waals surface area contributed by atoms with Crippen LogP contribution in [0.3, 0.4) is 0 Å². The first-order valence-electron chi connectivity index (χ1n) is 36.3. The lowest BCUT2D eigenvalue weighted by Crippen LogP contribution is -2.30. The van der Waals surface area contributed by atoms with Crippen molar-refractivity contribution in [2.75, 3.05) is 39.6 Å². The van der Waals surface area contributed by atoms with Crippen LogP contribution < -0.4 is 0 Å². The number of ether oxygens (including phenoxy) is 4. The van der Waals surface area contributed by atoms with Crippen LogP contribution in [0.25, 0.3) is 0 Å². The molecule has 0 heterocycles. The molecule has 0 saturated carbocycles. The van der Waals surface area contributed by atoms with Gasteiger partial charge in [-0.1, -0.05) is 310 Å². The van der Waals surface area contributed by atoms with Crippen LogP contribution in [0.4, 0.5) is 0 Å². The summed E-state index contributed by atoms with van der Waals surface area (Å²) < 4.78 is 68.1. The highest BCUT2D eigenvalue weighted by atomic mass is 31.2. The molecule has 0 aliphatic rings. The molecular weight excluding hydrogens is 1160 g/mol. The first-order chi connectivity index (χ1) is 42.7. The molecule has 0 fully saturated rings. The number of aliphatic hydroxyl groups excluding tert-OH is 1. The Morgan fingerprint density at radius 3 is 0.670 bits per heavy atom. The second-order valence-corrected chi connectivity index (χ2v) is 27.8. The summed E-state index contributed by atoms with van der Waals surface area (Å²) in [7, 11) is -9.89. The van der Waals surface area contributed by atoms with Gasteiger partial charge in [0.25, 0.3) is 0 Å². The van der Waals surface area contributed by atoms with E-state index in [1.165, 1.54) is 186 Å². The molecule has 0 radical (unpaired) electrons. The van der Waals surface area contributed by atoms with Gasteiger partial charge in [-0.15, -0.1) is 0 Å². The van der Waals surface area contributed by atoms with E-state index in [-0.39, 0.29) is 25.7 Å². The number of hydrogen-bond donors (Lipinski definition) is 3. The lowest BCUT2D eigenvalue weighted by atomic mass is 10.0. The van der Waals surface area contributed by atoms with Crippen molar-refractivity contribution >= 4 is 39.5 Å². The van der Waals surface area contributed by atoms with Crippen LogP contribution in [-0.4, -0.2) is 96.7 Å². The molecule has 0 rings (SSSR count). The summed E-state index contributed by atoms with van der Waals surface area (Å²) in [4.78, 5) is 72.3. The van der Waals surface area contributed by atoms with E-state index in [0.717, 1.165) is 96.3 Å². The molecule has 0 aliphatic carbocycles. The van der Waals surface area contributed by atoms with Gasteiger partial charge in [0.05, 0.1) is 26.4 Å². The molecular formula is C69H134O17P2. The van der Waals surface area contributed by atoms with Crippen LogP contribution in [-0.2, 0) is 65.4 Å². The maximum absolute atomic E-state index is 13.0. The van der Waals surface area contributed by atoms with Gasteiger partial charge in [0, 0.05) is 25.7 Å². The van der Waals surface area contributed by atoms with Crippen molar-refractivity contribution in [2.24, 2.45) is 0 Å². The molecule has 3 N–H and O–H groups in total. The molecule has 0 bridgehead atoms. The van der Waals surface area contributed by atoms with E-state index in [1.54, 1.807) is 0 Å². The Kier molecular flexibility index (Phi) is 62.4. The molecule has 19 heteroatoms. The van der Waals surface area contributed by atoms with Gasteiger partial charge in [0.1, 0.15) is 19.3 Å². The quantitative estimate of drug-likeness (QED) is 0.0222. The first kappa shape index (κ1) is 86.1. The molecule has 5 atom stereocenters. The maximum atomic E-state index is 13.0. The lowest BCUT2D eigenvalue weighted by Gasteiger charge is -2.21. The van der Waals surface area contributed by atoms with Crippen LogP contribution in [0.2, 0.25) is 0 Å². The fourth-order valence-electron chi connectivity index (χ4n) is 10.5. The molecule has 522 valence electrons. The van der Waals surface area contributed by atoms with E-state index in [2.05, 4.69) is 27.7 Å². The molecule has 0 amide bonds. The van der Waals surface area contributed by atoms with Crippen molar-refractivity contribution < 1.29 is 80.2 Å². The Balaban J connectivity index is 5.15. The zero-order valence-corrected chi connectivity index (χ0v) is 58.5. The van der Waals surface area contributed by atoms with E-state index >= 15 is 0 Å². The number of aliphatic hydroxyl groups is 1. The van der Waals surface area contributed by atoms with E-state index in [9.17, 15) is 43.2 Å². The predicted molar refractivity (Wildman–Crippen MR) is 354 cm³/mol. The normalized spacial score (nSPS) is 14.0. The van der Waals surface area contributed by atoms with Gasteiger partial charge in [-0.2, -0.15) is 0 Å². The van der Waals surface area contributed by atoms with Gasteiger partial charge in [0.15, 0.2) is 12.2 Å². The summed E-state index contributed by atoms with van der Waals surface area (Å²) in [5.74, 6) is -2.13. The fraction of sp³-hybridized carbons (Fsp3) is 0.942. The summed E-state index contributed by atoms with van der Waals surface area (Å²) in [5.41, 5.74) is 0. The second-order valence-electron chi connectivity index (χ2n) is 24.9. The number of esters is 4. The average Bonchev–Trinajstić information content (AvgIpc) is 3.66.